The summed E-state index contributed by atoms with van der Waals surface area (Å²) < 4.78 is 8.00. The molecule has 3 nitrogen and oxygen atoms in total. The molecule has 0 radical (unpaired) electrons. The molecule has 0 bridgehead atoms. The van der Waals surface area contributed by atoms with Crippen molar-refractivity contribution in [3.63, 3.8) is 0 Å². The van der Waals surface area contributed by atoms with Gasteiger partial charge in [0.15, 0.2) is 0 Å². The van der Waals surface area contributed by atoms with Gasteiger partial charge in [0.1, 0.15) is 5.15 Å². The Morgan fingerprint density at radius 1 is 1.54 bits per heavy atom. The van der Waals surface area contributed by atoms with Gasteiger partial charge < -0.3 is 4.74 Å². The van der Waals surface area contributed by atoms with E-state index in [1.54, 1.807) is 6.20 Å². The normalized spacial score (nSPS) is 19.2. The highest BCUT2D eigenvalue weighted by Gasteiger charge is 2.19. The summed E-state index contributed by atoms with van der Waals surface area (Å²) in [6.45, 7) is 1.61. The maximum atomic E-state index is 6.05. The van der Waals surface area contributed by atoms with Crippen LogP contribution >= 0.6 is 27.5 Å². The molecule has 0 aliphatic carbocycles. The molecular formula is C8H10BrClN2O. The lowest BCUT2D eigenvalue weighted by atomic mass is 10.1. The van der Waals surface area contributed by atoms with Crippen molar-refractivity contribution < 1.29 is 4.74 Å². The average Bonchev–Trinajstić information content (AvgIpc) is 2.49. The molecule has 0 N–H and O–H groups in total. The van der Waals surface area contributed by atoms with Crippen LogP contribution in [0.5, 0.6) is 0 Å². The van der Waals surface area contributed by atoms with Crippen molar-refractivity contribution in [2.24, 2.45) is 0 Å². The third-order valence-electron chi connectivity index (χ3n) is 2.23. The first kappa shape index (κ1) is 9.49. The monoisotopic (exact) mass is 264 g/mol. The van der Waals surface area contributed by atoms with Crippen molar-refractivity contribution in [3.05, 3.63) is 15.8 Å². The molecule has 1 aliphatic heterocycles. The number of nitrogens with zero attached hydrogens (tertiary/aromatic N) is 2. The van der Waals surface area contributed by atoms with Crippen LogP contribution in [0, 0.1) is 0 Å². The van der Waals surface area contributed by atoms with E-state index in [2.05, 4.69) is 21.0 Å². The molecule has 0 saturated carbocycles. The molecule has 1 aliphatic rings. The Bertz CT molecular complexity index is 296. The minimum absolute atomic E-state index is 0.396. The number of halogens is 2. The molecular weight excluding hydrogens is 255 g/mol. The lowest BCUT2D eigenvalue weighted by Gasteiger charge is -2.22. The van der Waals surface area contributed by atoms with Crippen LogP contribution in [-0.4, -0.2) is 23.0 Å². The molecule has 5 heteroatoms. The first-order valence-electron chi connectivity index (χ1n) is 4.25. The molecule has 2 rings (SSSR count). The van der Waals surface area contributed by atoms with Crippen molar-refractivity contribution in [1.29, 1.82) is 0 Å². The molecule has 1 aromatic heterocycles. The van der Waals surface area contributed by atoms with Gasteiger partial charge in [0.05, 0.1) is 16.7 Å². The molecule has 72 valence electrons. The second kappa shape index (κ2) is 3.98. The van der Waals surface area contributed by atoms with E-state index in [1.165, 1.54) is 0 Å². The zero-order valence-corrected chi connectivity index (χ0v) is 9.38. The summed E-state index contributed by atoms with van der Waals surface area (Å²) in [5.74, 6) is 0. The Hall–Kier alpha value is -0.0600. The fourth-order valence-corrected chi connectivity index (χ4v) is 2.01. The Morgan fingerprint density at radius 2 is 2.23 bits per heavy atom. The highest BCUT2D eigenvalue weighted by Crippen LogP contribution is 2.28. The van der Waals surface area contributed by atoms with Crippen LogP contribution in [0.3, 0.4) is 0 Å². The van der Waals surface area contributed by atoms with Gasteiger partial charge in [-0.25, -0.2) is 4.68 Å². The summed E-state index contributed by atoms with van der Waals surface area (Å²) >= 11 is 9.39. The Balaban J connectivity index is 2.18. The maximum Gasteiger partial charge on any atom is 0.141 e. The summed E-state index contributed by atoms with van der Waals surface area (Å²) in [5, 5.41) is 4.91. The topological polar surface area (TPSA) is 27.1 Å². The van der Waals surface area contributed by atoms with E-state index in [4.69, 9.17) is 16.3 Å². The summed E-state index contributed by atoms with van der Waals surface area (Å²) in [4.78, 5) is 0. The van der Waals surface area contributed by atoms with E-state index in [0.29, 0.717) is 11.2 Å². The number of hydrogen-bond donors (Lipinski definition) is 0. The third-order valence-corrected chi connectivity index (χ3v) is 3.42. The van der Waals surface area contributed by atoms with Crippen LogP contribution in [0.1, 0.15) is 18.9 Å². The number of hydrogen-bond acceptors (Lipinski definition) is 2. The van der Waals surface area contributed by atoms with Crippen molar-refractivity contribution in [3.8, 4) is 0 Å². The van der Waals surface area contributed by atoms with Gasteiger partial charge in [0, 0.05) is 13.2 Å². The van der Waals surface area contributed by atoms with Crippen molar-refractivity contribution in [2.75, 3.05) is 13.2 Å². The number of aromatic nitrogens is 2. The fourth-order valence-electron chi connectivity index (χ4n) is 1.51. The summed E-state index contributed by atoms with van der Waals surface area (Å²) in [6, 6.07) is 0.396. The highest BCUT2D eigenvalue weighted by molar-refractivity contribution is 9.10. The largest absolute Gasteiger partial charge is 0.381 e. The van der Waals surface area contributed by atoms with Gasteiger partial charge in [0.2, 0.25) is 0 Å². The fraction of sp³-hybridized carbons (Fsp3) is 0.625. The first-order valence-corrected chi connectivity index (χ1v) is 5.42. The molecule has 2 heterocycles. The molecule has 13 heavy (non-hydrogen) atoms. The molecule has 0 unspecified atom stereocenters. The van der Waals surface area contributed by atoms with Gasteiger partial charge in [-0.05, 0) is 28.8 Å². The molecule has 1 saturated heterocycles. The number of ether oxygens (including phenoxy) is 1. The van der Waals surface area contributed by atoms with E-state index in [-0.39, 0.29) is 0 Å². The quantitative estimate of drug-likeness (QED) is 0.780. The van der Waals surface area contributed by atoms with Crippen LogP contribution in [0.4, 0.5) is 0 Å². The van der Waals surface area contributed by atoms with E-state index in [9.17, 15) is 0 Å². The molecule has 1 aromatic rings. The van der Waals surface area contributed by atoms with Gasteiger partial charge in [0.25, 0.3) is 0 Å². The van der Waals surface area contributed by atoms with Gasteiger partial charge in [-0.1, -0.05) is 11.6 Å². The molecule has 1 fully saturated rings. The van der Waals surface area contributed by atoms with E-state index >= 15 is 0 Å². The zero-order chi connectivity index (χ0) is 9.26. The van der Waals surface area contributed by atoms with Crippen LogP contribution in [0.15, 0.2) is 10.7 Å². The van der Waals surface area contributed by atoms with Crippen molar-refractivity contribution >= 4 is 27.5 Å². The maximum absolute atomic E-state index is 6.05. The average molecular weight is 266 g/mol. The van der Waals surface area contributed by atoms with E-state index in [1.807, 2.05) is 4.68 Å². The molecule has 0 atom stereocenters. The first-order chi connectivity index (χ1) is 6.29. The standard InChI is InChI=1S/C8H10BrClN2O/c9-7-5-11-12(8(7)10)6-1-3-13-4-2-6/h5-6H,1-4H2. The van der Waals surface area contributed by atoms with Gasteiger partial charge >= 0.3 is 0 Å². The molecule has 0 amide bonds. The predicted molar refractivity (Wildman–Crippen MR) is 54.0 cm³/mol. The van der Waals surface area contributed by atoms with E-state index in [0.717, 1.165) is 30.5 Å². The van der Waals surface area contributed by atoms with Crippen LogP contribution in [0.2, 0.25) is 5.15 Å². The van der Waals surface area contributed by atoms with Crippen LogP contribution in [-0.2, 0) is 4.74 Å². The predicted octanol–water partition coefficient (Wildman–Crippen LogP) is 2.65. The lowest BCUT2D eigenvalue weighted by Crippen LogP contribution is -2.20. The Morgan fingerprint density at radius 3 is 2.77 bits per heavy atom. The minimum Gasteiger partial charge on any atom is -0.381 e. The van der Waals surface area contributed by atoms with Gasteiger partial charge in [-0.3, -0.25) is 0 Å². The van der Waals surface area contributed by atoms with Gasteiger partial charge in [-0.15, -0.1) is 0 Å². The third kappa shape index (κ3) is 1.90. The SMILES string of the molecule is Clc1c(Br)cnn1C1CCOCC1. The number of rotatable bonds is 1. The summed E-state index contributed by atoms with van der Waals surface area (Å²) in [7, 11) is 0. The van der Waals surface area contributed by atoms with Gasteiger partial charge in [-0.2, -0.15) is 5.10 Å². The minimum atomic E-state index is 0.396. The van der Waals surface area contributed by atoms with E-state index < -0.39 is 0 Å². The Kier molecular flexibility index (Phi) is 2.91. The van der Waals surface area contributed by atoms with Crippen LogP contribution < -0.4 is 0 Å². The molecule has 0 aromatic carbocycles. The van der Waals surface area contributed by atoms with Crippen molar-refractivity contribution in [1.82, 2.24) is 9.78 Å². The second-order valence-corrected chi connectivity index (χ2v) is 4.28. The smallest absolute Gasteiger partial charge is 0.141 e. The summed E-state index contributed by atoms with van der Waals surface area (Å²) in [5.41, 5.74) is 0. The Labute approximate surface area is 90.1 Å². The second-order valence-electron chi connectivity index (χ2n) is 3.07. The highest BCUT2D eigenvalue weighted by atomic mass is 79.9. The zero-order valence-electron chi connectivity index (χ0n) is 7.04. The molecule has 0 spiro atoms. The lowest BCUT2D eigenvalue weighted by molar-refractivity contribution is 0.0663. The summed E-state index contributed by atoms with van der Waals surface area (Å²) in [6.07, 6.45) is 3.72. The van der Waals surface area contributed by atoms with Crippen molar-refractivity contribution in [2.45, 2.75) is 18.9 Å². The van der Waals surface area contributed by atoms with Crippen LogP contribution in [0.25, 0.3) is 0 Å².